The maximum atomic E-state index is 12.5. The Kier molecular flexibility index (Phi) is 3.16. The molecule has 0 radical (unpaired) electrons. The Labute approximate surface area is 119 Å². The van der Waals surface area contributed by atoms with E-state index in [0.717, 1.165) is 0 Å². The van der Waals surface area contributed by atoms with Crippen LogP contribution in [0.5, 0.6) is 11.5 Å². The largest absolute Gasteiger partial charge is 0.508 e. The SMILES string of the molecule is O=COc1ccc2c(=O)c(-c3ccc(O)cc3)coc2c1. The molecule has 0 amide bonds. The molecule has 0 fully saturated rings. The lowest BCUT2D eigenvalue weighted by atomic mass is 10.1. The number of ether oxygens (including phenoxy) is 1. The summed E-state index contributed by atoms with van der Waals surface area (Å²) < 4.78 is 10.1. The van der Waals surface area contributed by atoms with Crippen molar-refractivity contribution in [1.29, 1.82) is 0 Å². The molecule has 104 valence electrons. The third-order valence-electron chi connectivity index (χ3n) is 3.11. The van der Waals surface area contributed by atoms with Gasteiger partial charge >= 0.3 is 0 Å². The number of carbonyl (C=O) groups excluding carboxylic acids is 1. The van der Waals surface area contributed by atoms with Crippen LogP contribution in [0.15, 0.2) is 57.9 Å². The van der Waals surface area contributed by atoms with Gasteiger partial charge in [0, 0.05) is 6.07 Å². The van der Waals surface area contributed by atoms with Crippen molar-refractivity contribution in [1.82, 2.24) is 0 Å². The van der Waals surface area contributed by atoms with Gasteiger partial charge < -0.3 is 14.3 Å². The molecule has 1 heterocycles. The molecule has 0 spiro atoms. The summed E-state index contributed by atoms with van der Waals surface area (Å²) in [6.07, 6.45) is 1.35. The van der Waals surface area contributed by atoms with Gasteiger partial charge in [-0.3, -0.25) is 9.59 Å². The Hall–Kier alpha value is -3.08. The van der Waals surface area contributed by atoms with Crippen molar-refractivity contribution in [2.24, 2.45) is 0 Å². The second-order valence-electron chi connectivity index (χ2n) is 4.40. The lowest BCUT2D eigenvalue weighted by Crippen LogP contribution is -2.04. The van der Waals surface area contributed by atoms with Gasteiger partial charge in [0.15, 0.2) is 5.43 Å². The second-order valence-corrected chi connectivity index (χ2v) is 4.40. The summed E-state index contributed by atoms with van der Waals surface area (Å²) in [6.45, 7) is 0.310. The molecule has 0 atom stereocenters. The molecule has 3 rings (SSSR count). The van der Waals surface area contributed by atoms with Crippen LogP contribution in [-0.2, 0) is 4.79 Å². The number of rotatable bonds is 3. The molecule has 0 saturated heterocycles. The summed E-state index contributed by atoms with van der Waals surface area (Å²) in [6, 6.07) is 10.8. The minimum Gasteiger partial charge on any atom is -0.508 e. The van der Waals surface area contributed by atoms with Crippen molar-refractivity contribution in [2.45, 2.75) is 0 Å². The first-order valence-electron chi connectivity index (χ1n) is 6.14. The fourth-order valence-corrected chi connectivity index (χ4v) is 2.08. The van der Waals surface area contributed by atoms with Crippen LogP contribution in [-0.4, -0.2) is 11.6 Å². The Morgan fingerprint density at radius 1 is 1.10 bits per heavy atom. The Bertz CT molecular complexity index is 862. The molecule has 0 saturated carbocycles. The van der Waals surface area contributed by atoms with E-state index in [0.29, 0.717) is 34.3 Å². The van der Waals surface area contributed by atoms with E-state index in [4.69, 9.17) is 9.15 Å². The van der Waals surface area contributed by atoms with Crippen LogP contribution in [0.25, 0.3) is 22.1 Å². The quantitative estimate of drug-likeness (QED) is 0.747. The molecule has 21 heavy (non-hydrogen) atoms. The zero-order chi connectivity index (χ0) is 14.8. The van der Waals surface area contributed by atoms with Gasteiger partial charge in [-0.2, -0.15) is 0 Å². The first kappa shape index (κ1) is 12.9. The average molecular weight is 282 g/mol. The Morgan fingerprint density at radius 2 is 1.86 bits per heavy atom. The topological polar surface area (TPSA) is 76.7 Å². The molecule has 5 nitrogen and oxygen atoms in total. The molecule has 0 aliphatic rings. The summed E-state index contributed by atoms with van der Waals surface area (Å²) in [7, 11) is 0. The number of benzene rings is 2. The minimum atomic E-state index is -0.195. The Morgan fingerprint density at radius 3 is 2.57 bits per heavy atom. The highest BCUT2D eigenvalue weighted by Crippen LogP contribution is 2.24. The molecular formula is C16H10O5. The van der Waals surface area contributed by atoms with E-state index in [1.165, 1.54) is 30.5 Å². The zero-order valence-corrected chi connectivity index (χ0v) is 10.8. The normalized spacial score (nSPS) is 10.5. The first-order valence-corrected chi connectivity index (χ1v) is 6.14. The van der Waals surface area contributed by atoms with Gasteiger partial charge in [-0.05, 0) is 29.8 Å². The molecule has 2 aromatic carbocycles. The summed E-state index contributed by atoms with van der Waals surface area (Å²) >= 11 is 0. The van der Waals surface area contributed by atoms with Crippen molar-refractivity contribution in [3.05, 3.63) is 59.0 Å². The van der Waals surface area contributed by atoms with E-state index in [1.54, 1.807) is 18.2 Å². The number of hydrogen-bond donors (Lipinski definition) is 1. The number of carbonyl (C=O) groups is 1. The third kappa shape index (κ3) is 2.36. The van der Waals surface area contributed by atoms with Gasteiger partial charge in [0.05, 0.1) is 10.9 Å². The van der Waals surface area contributed by atoms with Crippen LogP contribution < -0.4 is 10.2 Å². The molecule has 0 aliphatic carbocycles. The minimum absolute atomic E-state index is 0.125. The molecule has 3 aromatic rings. The van der Waals surface area contributed by atoms with Gasteiger partial charge in [0.1, 0.15) is 23.3 Å². The molecule has 0 bridgehead atoms. The molecule has 1 N–H and O–H groups in total. The molecule has 5 heteroatoms. The lowest BCUT2D eigenvalue weighted by Gasteiger charge is -2.04. The van der Waals surface area contributed by atoms with Crippen LogP contribution in [0.1, 0.15) is 0 Å². The number of fused-ring (bicyclic) bond motifs is 1. The molecule has 0 unspecified atom stereocenters. The maximum Gasteiger partial charge on any atom is 0.298 e. The van der Waals surface area contributed by atoms with E-state index in [9.17, 15) is 14.7 Å². The van der Waals surface area contributed by atoms with E-state index < -0.39 is 0 Å². The fraction of sp³-hybridized carbons (Fsp3) is 0. The first-order chi connectivity index (χ1) is 10.2. The second kappa shape index (κ2) is 5.13. The molecule has 1 aromatic heterocycles. The monoisotopic (exact) mass is 282 g/mol. The van der Waals surface area contributed by atoms with Crippen LogP contribution >= 0.6 is 0 Å². The highest BCUT2D eigenvalue weighted by Gasteiger charge is 2.10. The van der Waals surface area contributed by atoms with Crippen molar-refractivity contribution in [2.75, 3.05) is 0 Å². The summed E-state index contributed by atoms with van der Waals surface area (Å²) in [5.41, 5.74) is 1.18. The highest BCUT2D eigenvalue weighted by atomic mass is 16.5. The number of phenolic OH excluding ortho intramolecular Hbond substituents is 1. The van der Waals surface area contributed by atoms with Gasteiger partial charge in [-0.15, -0.1) is 0 Å². The van der Waals surface area contributed by atoms with Crippen LogP contribution in [0.3, 0.4) is 0 Å². The average Bonchev–Trinajstić information content (AvgIpc) is 2.49. The molecular weight excluding hydrogens is 272 g/mol. The standard InChI is InChI=1S/C16H10O5/c17-9-21-12-5-6-13-15(7-12)20-8-14(16(13)19)10-1-3-11(18)4-2-10/h1-9,18H. The summed E-state index contributed by atoms with van der Waals surface area (Å²) in [5, 5.41) is 9.67. The fourth-order valence-electron chi connectivity index (χ4n) is 2.08. The summed E-state index contributed by atoms with van der Waals surface area (Å²) in [5.74, 6) is 0.428. The van der Waals surface area contributed by atoms with Crippen LogP contribution in [0, 0.1) is 0 Å². The number of aromatic hydroxyl groups is 1. The Balaban J connectivity index is 2.16. The lowest BCUT2D eigenvalue weighted by molar-refractivity contribution is -0.120. The van der Waals surface area contributed by atoms with Crippen molar-refractivity contribution in [3.63, 3.8) is 0 Å². The zero-order valence-electron chi connectivity index (χ0n) is 10.8. The van der Waals surface area contributed by atoms with E-state index in [2.05, 4.69) is 0 Å². The number of phenols is 1. The maximum absolute atomic E-state index is 12.5. The van der Waals surface area contributed by atoms with Crippen molar-refractivity contribution >= 4 is 17.4 Å². The van der Waals surface area contributed by atoms with Crippen molar-refractivity contribution < 1.29 is 19.1 Å². The van der Waals surface area contributed by atoms with E-state index in [1.807, 2.05) is 0 Å². The predicted molar refractivity (Wildman–Crippen MR) is 76.3 cm³/mol. The molecule has 0 aliphatic heterocycles. The van der Waals surface area contributed by atoms with Crippen LogP contribution in [0.4, 0.5) is 0 Å². The predicted octanol–water partition coefficient (Wildman–Crippen LogP) is 2.70. The highest BCUT2D eigenvalue weighted by molar-refractivity contribution is 5.82. The van der Waals surface area contributed by atoms with Gasteiger partial charge in [0.25, 0.3) is 6.47 Å². The third-order valence-corrected chi connectivity index (χ3v) is 3.11. The summed E-state index contributed by atoms with van der Waals surface area (Å²) in [4.78, 5) is 22.8. The van der Waals surface area contributed by atoms with E-state index in [-0.39, 0.29) is 11.2 Å². The van der Waals surface area contributed by atoms with Gasteiger partial charge in [-0.25, -0.2) is 0 Å². The smallest absolute Gasteiger partial charge is 0.298 e. The van der Waals surface area contributed by atoms with Gasteiger partial charge in [-0.1, -0.05) is 12.1 Å². The van der Waals surface area contributed by atoms with E-state index >= 15 is 0 Å². The van der Waals surface area contributed by atoms with Crippen LogP contribution in [0.2, 0.25) is 0 Å². The number of hydrogen-bond acceptors (Lipinski definition) is 5. The van der Waals surface area contributed by atoms with Crippen molar-refractivity contribution in [3.8, 4) is 22.6 Å². The van der Waals surface area contributed by atoms with Gasteiger partial charge in [0.2, 0.25) is 0 Å².